The first-order valence-corrected chi connectivity index (χ1v) is 10.9. The highest BCUT2D eigenvalue weighted by Gasteiger charge is 2.26. The van der Waals surface area contributed by atoms with E-state index in [1.54, 1.807) is 25.1 Å². The number of fused-ring (bicyclic) bond motifs is 1. The Bertz CT molecular complexity index is 1160. The number of imidazole rings is 1. The highest BCUT2D eigenvalue weighted by atomic mass is 32.2. The Morgan fingerprint density at radius 3 is 2.67 bits per heavy atom. The minimum Gasteiger partial charge on any atom is -0.497 e. The number of nitrogens with zero attached hydrogens (tertiary/aromatic N) is 2. The second-order valence-corrected chi connectivity index (χ2v) is 7.78. The number of benzene rings is 2. The normalized spacial score (nSPS) is 12.1. The van der Waals surface area contributed by atoms with Crippen LogP contribution in [-0.2, 0) is 12.8 Å². The summed E-state index contributed by atoms with van der Waals surface area (Å²) in [5.74, 6) is 2.26. The number of ether oxygens (including phenoxy) is 1. The lowest BCUT2D eigenvalue weighted by molar-refractivity contribution is 0.0914. The van der Waals surface area contributed by atoms with Crippen molar-refractivity contribution >= 4 is 28.6 Å². The summed E-state index contributed by atoms with van der Waals surface area (Å²) < 4.78 is 13.1. The first-order chi connectivity index (χ1) is 14.6. The first kappa shape index (κ1) is 20.1. The molecule has 4 rings (SSSR count). The third-order valence-corrected chi connectivity index (χ3v) is 5.61. The van der Waals surface area contributed by atoms with E-state index in [4.69, 9.17) is 9.15 Å². The molecule has 4 aromatic rings. The van der Waals surface area contributed by atoms with Crippen molar-refractivity contribution in [2.45, 2.75) is 11.8 Å². The fourth-order valence-electron chi connectivity index (χ4n) is 3.52. The van der Waals surface area contributed by atoms with Crippen LogP contribution in [0.15, 0.2) is 65.3 Å². The number of furan rings is 1. The first-order valence-electron chi connectivity index (χ1n) is 9.53. The quantitative estimate of drug-likeness (QED) is 0.474. The molecule has 0 aliphatic rings. The number of amides is 1. The van der Waals surface area contributed by atoms with Gasteiger partial charge in [0, 0.05) is 36.1 Å². The summed E-state index contributed by atoms with van der Waals surface area (Å²) in [4.78, 5) is 17.8. The number of hydrogen-bond acceptors (Lipinski definition) is 5. The number of hydrogen-bond donors (Lipinski definition) is 1. The van der Waals surface area contributed by atoms with E-state index in [0.717, 1.165) is 28.1 Å². The molecule has 1 amide bonds. The molecule has 2 heterocycles. The van der Waals surface area contributed by atoms with Gasteiger partial charge >= 0.3 is 0 Å². The Morgan fingerprint density at radius 1 is 1.23 bits per heavy atom. The van der Waals surface area contributed by atoms with Crippen molar-refractivity contribution in [3.8, 4) is 5.75 Å². The summed E-state index contributed by atoms with van der Waals surface area (Å²) in [6, 6.07) is 14.9. The molecular weight excluding hydrogens is 398 g/mol. The van der Waals surface area contributed by atoms with Crippen LogP contribution >= 0.6 is 11.8 Å². The number of aryl methyl sites for hydroxylation is 1. The highest BCUT2D eigenvalue weighted by Crippen LogP contribution is 2.30. The molecule has 0 fully saturated rings. The predicted octanol–water partition coefficient (Wildman–Crippen LogP) is 4.56. The average molecular weight is 422 g/mol. The van der Waals surface area contributed by atoms with Gasteiger partial charge in [0.1, 0.15) is 23.2 Å². The zero-order valence-corrected chi connectivity index (χ0v) is 17.9. The van der Waals surface area contributed by atoms with Crippen LogP contribution in [0, 0.1) is 0 Å². The molecule has 1 N–H and O–H groups in total. The van der Waals surface area contributed by atoms with Crippen LogP contribution in [0.1, 0.15) is 33.5 Å². The number of nitrogens with one attached hydrogen (secondary N) is 1. The molecule has 0 saturated heterocycles. The smallest absolute Gasteiger partial charge is 0.288 e. The van der Waals surface area contributed by atoms with Crippen LogP contribution in [-0.4, -0.2) is 28.8 Å². The summed E-state index contributed by atoms with van der Waals surface area (Å²) in [6.07, 6.45) is 5.59. The van der Waals surface area contributed by atoms with Gasteiger partial charge < -0.3 is 19.0 Å². The van der Waals surface area contributed by atoms with Crippen molar-refractivity contribution in [1.29, 1.82) is 0 Å². The molecule has 0 radical (unpaired) electrons. The van der Waals surface area contributed by atoms with Crippen LogP contribution in [0.3, 0.4) is 0 Å². The van der Waals surface area contributed by atoms with Gasteiger partial charge in [0.25, 0.3) is 5.91 Å². The van der Waals surface area contributed by atoms with E-state index in [9.17, 15) is 4.79 Å². The van der Waals surface area contributed by atoms with Gasteiger partial charge in [0.05, 0.1) is 7.11 Å². The molecule has 2 aromatic carbocycles. The lowest BCUT2D eigenvalue weighted by Crippen LogP contribution is -2.31. The van der Waals surface area contributed by atoms with Crippen molar-refractivity contribution in [1.82, 2.24) is 14.9 Å². The van der Waals surface area contributed by atoms with Crippen LogP contribution in [0.4, 0.5) is 0 Å². The van der Waals surface area contributed by atoms with Gasteiger partial charge in [-0.25, -0.2) is 4.98 Å². The van der Waals surface area contributed by atoms with Crippen molar-refractivity contribution in [2.75, 3.05) is 13.4 Å². The summed E-state index contributed by atoms with van der Waals surface area (Å²) in [7, 11) is 3.53. The summed E-state index contributed by atoms with van der Waals surface area (Å²) in [5.41, 5.74) is 2.52. The molecule has 7 heteroatoms. The molecule has 0 unspecified atom stereocenters. The van der Waals surface area contributed by atoms with E-state index in [2.05, 4.69) is 10.3 Å². The molecule has 30 heavy (non-hydrogen) atoms. The maximum absolute atomic E-state index is 13.3. The number of carbonyl (C=O) groups is 1. The second-order valence-electron chi connectivity index (χ2n) is 6.91. The Kier molecular flexibility index (Phi) is 5.81. The summed E-state index contributed by atoms with van der Waals surface area (Å²) in [6.45, 7) is 0. The second kappa shape index (κ2) is 8.67. The molecular formula is C23H23N3O3S. The molecule has 2 aromatic heterocycles. The monoisotopic (exact) mass is 421 g/mol. The van der Waals surface area contributed by atoms with E-state index in [-0.39, 0.29) is 5.91 Å². The summed E-state index contributed by atoms with van der Waals surface area (Å²) >= 11 is 1.65. The lowest BCUT2D eigenvalue weighted by atomic mass is 10.1. The third kappa shape index (κ3) is 3.80. The zero-order valence-electron chi connectivity index (χ0n) is 17.1. The van der Waals surface area contributed by atoms with Crippen molar-refractivity contribution in [3.05, 3.63) is 83.6 Å². The minimum absolute atomic E-state index is 0.265. The van der Waals surface area contributed by atoms with Gasteiger partial charge in [-0.3, -0.25) is 4.79 Å². The van der Waals surface area contributed by atoms with Crippen molar-refractivity contribution in [2.24, 2.45) is 7.05 Å². The number of carbonyl (C=O) groups excluding carboxylic acids is 1. The van der Waals surface area contributed by atoms with Gasteiger partial charge in [-0.15, -0.1) is 0 Å². The molecule has 0 aliphatic carbocycles. The third-order valence-electron chi connectivity index (χ3n) is 5.03. The maximum atomic E-state index is 13.3. The van der Waals surface area contributed by atoms with Gasteiger partial charge in [0.2, 0.25) is 0 Å². The fraction of sp³-hybridized carbons (Fsp3) is 0.217. The Balaban J connectivity index is 1.73. The minimum atomic E-state index is -0.432. The largest absolute Gasteiger partial charge is 0.497 e. The standard InChI is InChI=1S/C23H23N3O3S/c1-26-13-12-24-22(26)20(15-8-10-16(28-2)11-9-15)25-23(27)21-18(14-30-3)17-6-4-5-7-19(17)29-21/h4-13,20H,14H2,1-3H3,(H,25,27)/t20-/m1/s1. The topological polar surface area (TPSA) is 69.3 Å². The number of rotatable bonds is 7. The van der Waals surface area contributed by atoms with E-state index in [1.807, 2.05) is 72.6 Å². The van der Waals surface area contributed by atoms with Crippen LogP contribution in [0.5, 0.6) is 5.75 Å². The Labute approximate surface area is 179 Å². The van der Waals surface area contributed by atoms with Gasteiger partial charge in [-0.2, -0.15) is 11.8 Å². The molecule has 0 spiro atoms. The van der Waals surface area contributed by atoms with Crippen molar-refractivity contribution in [3.63, 3.8) is 0 Å². The molecule has 0 bridgehead atoms. The Morgan fingerprint density at radius 2 is 2.00 bits per heavy atom. The number of aromatic nitrogens is 2. The van der Waals surface area contributed by atoms with Crippen molar-refractivity contribution < 1.29 is 13.9 Å². The van der Waals surface area contributed by atoms with Gasteiger partial charge in [-0.1, -0.05) is 30.3 Å². The fourth-order valence-corrected chi connectivity index (χ4v) is 4.09. The number of para-hydroxylation sites is 1. The highest BCUT2D eigenvalue weighted by molar-refractivity contribution is 7.97. The van der Waals surface area contributed by atoms with E-state index >= 15 is 0 Å². The molecule has 0 aliphatic heterocycles. The summed E-state index contributed by atoms with van der Waals surface area (Å²) in [5, 5.41) is 4.09. The lowest BCUT2D eigenvalue weighted by Gasteiger charge is -2.19. The Hall–Kier alpha value is -3.19. The number of thioether (sulfide) groups is 1. The predicted molar refractivity (Wildman–Crippen MR) is 119 cm³/mol. The average Bonchev–Trinajstić information content (AvgIpc) is 3.36. The van der Waals surface area contributed by atoms with Gasteiger partial charge in [-0.05, 0) is 30.0 Å². The van der Waals surface area contributed by atoms with E-state index in [0.29, 0.717) is 17.1 Å². The molecule has 6 nitrogen and oxygen atoms in total. The molecule has 0 saturated carbocycles. The van der Waals surface area contributed by atoms with Crippen LogP contribution in [0.2, 0.25) is 0 Å². The maximum Gasteiger partial charge on any atom is 0.288 e. The zero-order chi connectivity index (χ0) is 21.1. The van der Waals surface area contributed by atoms with Crippen LogP contribution < -0.4 is 10.1 Å². The molecule has 154 valence electrons. The van der Waals surface area contributed by atoms with E-state index < -0.39 is 6.04 Å². The van der Waals surface area contributed by atoms with Gasteiger partial charge in [0.15, 0.2) is 5.76 Å². The molecule has 1 atom stereocenters. The SMILES string of the molecule is COc1ccc([C@@H](NC(=O)c2oc3ccccc3c2CSC)c2nccn2C)cc1. The number of methoxy groups -OCH3 is 1. The van der Waals surface area contributed by atoms with Crippen LogP contribution in [0.25, 0.3) is 11.0 Å². The van der Waals surface area contributed by atoms with E-state index in [1.165, 1.54) is 0 Å².